The SMILES string of the molecule is Fc1ccc(C2CC(c3ccc(Br)cc3)Nc3ncnn32)cc1. The highest BCUT2D eigenvalue weighted by molar-refractivity contribution is 9.10. The van der Waals surface area contributed by atoms with Crippen molar-refractivity contribution in [1.82, 2.24) is 14.8 Å². The molecule has 0 aliphatic carbocycles. The lowest BCUT2D eigenvalue weighted by Gasteiger charge is -2.31. The molecule has 0 saturated carbocycles. The monoisotopic (exact) mass is 372 g/mol. The van der Waals surface area contributed by atoms with Crippen LogP contribution in [-0.4, -0.2) is 14.8 Å². The minimum atomic E-state index is -0.231. The molecule has 4 nitrogen and oxygen atoms in total. The maximum Gasteiger partial charge on any atom is 0.222 e. The number of anilines is 1. The van der Waals surface area contributed by atoms with Gasteiger partial charge in [0.05, 0.1) is 12.1 Å². The number of benzene rings is 2. The summed E-state index contributed by atoms with van der Waals surface area (Å²) >= 11 is 3.46. The van der Waals surface area contributed by atoms with Crippen molar-refractivity contribution in [2.45, 2.75) is 18.5 Å². The number of hydrogen-bond donors (Lipinski definition) is 1. The molecule has 2 atom stereocenters. The highest BCUT2D eigenvalue weighted by atomic mass is 79.9. The van der Waals surface area contributed by atoms with Gasteiger partial charge in [-0.1, -0.05) is 40.2 Å². The molecule has 0 spiro atoms. The highest BCUT2D eigenvalue weighted by Gasteiger charge is 2.29. The van der Waals surface area contributed by atoms with Gasteiger partial charge >= 0.3 is 0 Å². The van der Waals surface area contributed by atoms with Crippen molar-refractivity contribution in [3.8, 4) is 0 Å². The minimum absolute atomic E-state index is 0.0306. The van der Waals surface area contributed by atoms with E-state index >= 15 is 0 Å². The molecule has 6 heteroatoms. The Hall–Kier alpha value is -2.21. The van der Waals surface area contributed by atoms with Crippen LogP contribution < -0.4 is 5.32 Å². The van der Waals surface area contributed by atoms with Gasteiger partial charge in [0.2, 0.25) is 5.95 Å². The van der Waals surface area contributed by atoms with Crippen molar-refractivity contribution < 1.29 is 4.39 Å². The summed E-state index contributed by atoms with van der Waals surface area (Å²) in [5, 5.41) is 7.74. The summed E-state index contributed by atoms with van der Waals surface area (Å²) in [5.41, 5.74) is 2.22. The van der Waals surface area contributed by atoms with E-state index in [0.29, 0.717) is 0 Å². The van der Waals surface area contributed by atoms with Gasteiger partial charge in [-0.05, 0) is 41.8 Å². The molecule has 1 aliphatic rings. The molecular weight excluding hydrogens is 359 g/mol. The van der Waals surface area contributed by atoms with E-state index in [4.69, 9.17) is 0 Å². The van der Waals surface area contributed by atoms with E-state index in [2.05, 4.69) is 43.5 Å². The molecule has 0 radical (unpaired) electrons. The molecule has 1 aliphatic heterocycles. The number of nitrogens with one attached hydrogen (secondary N) is 1. The van der Waals surface area contributed by atoms with Gasteiger partial charge < -0.3 is 5.32 Å². The average molecular weight is 373 g/mol. The van der Waals surface area contributed by atoms with E-state index in [9.17, 15) is 4.39 Å². The lowest BCUT2D eigenvalue weighted by molar-refractivity contribution is 0.430. The summed E-state index contributed by atoms with van der Waals surface area (Å²) in [5.74, 6) is 0.504. The first kappa shape index (κ1) is 14.4. The zero-order valence-corrected chi connectivity index (χ0v) is 13.7. The second-order valence-corrected chi connectivity index (χ2v) is 6.50. The van der Waals surface area contributed by atoms with Crippen LogP contribution in [0.3, 0.4) is 0 Å². The van der Waals surface area contributed by atoms with E-state index in [1.807, 2.05) is 28.9 Å². The van der Waals surface area contributed by atoms with E-state index in [-0.39, 0.29) is 17.9 Å². The predicted octanol–water partition coefficient (Wildman–Crippen LogP) is 4.33. The Balaban J connectivity index is 1.71. The maximum atomic E-state index is 13.2. The van der Waals surface area contributed by atoms with Gasteiger partial charge in [0.15, 0.2) is 0 Å². The van der Waals surface area contributed by atoms with Crippen LogP contribution in [0.4, 0.5) is 10.3 Å². The zero-order chi connectivity index (χ0) is 15.8. The maximum absolute atomic E-state index is 13.2. The third-order valence-electron chi connectivity index (χ3n) is 4.16. The van der Waals surface area contributed by atoms with Crippen molar-refractivity contribution >= 4 is 21.9 Å². The van der Waals surface area contributed by atoms with Gasteiger partial charge in [-0.15, -0.1) is 0 Å². The lowest BCUT2D eigenvalue weighted by atomic mass is 9.93. The fraction of sp³-hybridized carbons (Fsp3) is 0.176. The first-order chi connectivity index (χ1) is 11.2. The molecule has 1 aromatic heterocycles. The topological polar surface area (TPSA) is 42.7 Å². The van der Waals surface area contributed by atoms with Crippen molar-refractivity contribution in [3.63, 3.8) is 0 Å². The normalized spacial score (nSPS) is 19.9. The highest BCUT2D eigenvalue weighted by Crippen LogP contribution is 2.37. The number of aromatic nitrogens is 3. The molecule has 0 bridgehead atoms. The first-order valence-electron chi connectivity index (χ1n) is 7.38. The van der Waals surface area contributed by atoms with Crippen LogP contribution in [0.5, 0.6) is 0 Å². The summed E-state index contributed by atoms with van der Waals surface area (Å²) in [6.45, 7) is 0. The molecule has 2 unspecified atom stereocenters. The number of hydrogen-bond acceptors (Lipinski definition) is 3. The summed E-state index contributed by atoms with van der Waals surface area (Å²) in [6.07, 6.45) is 2.37. The van der Waals surface area contributed by atoms with Crippen LogP contribution in [0, 0.1) is 5.82 Å². The molecule has 116 valence electrons. The Kier molecular flexibility index (Phi) is 3.61. The third kappa shape index (κ3) is 2.74. The number of fused-ring (bicyclic) bond motifs is 1. The Morgan fingerprint density at radius 3 is 2.48 bits per heavy atom. The summed E-state index contributed by atoms with van der Waals surface area (Å²) in [4.78, 5) is 4.30. The van der Waals surface area contributed by atoms with Crippen LogP contribution in [0.15, 0.2) is 59.3 Å². The predicted molar refractivity (Wildman–Crippen MR) is 89.7 cm³/mol. The summed E-state index contributed by atoms with van der Waals surface area (Å²) in [6, 6.07) is 15.0. The standard InChI is InChI=1S/C17H14BrFN4/c18-13-5-1-11(2-6-13)15-9-16(12-3-7-14(19)8-4-12)23-17(22-15)20-10-21-23/h1-8,10,15-16H,9H2,(H,20,21,22). The van der Waals surface area contributed by atoms with Gasteiger partial charge in [-0.25, -0.2) is 9.07 Å². The van der Waals surface area contributed by atoms with Gasteiger partial charge in [-0.3, -0.25) is 0 Å². The Morgan fingerprint density at radius 1 is 1.04 bits per heavy atom. The molecule has 0 saturated heterocycles. The van der Waals surface area contributed by atoms with Crippen molar-refractivity contribution in [3.05, 3.63) is 76.3 Å². The summed E-state index contributed by atoms with van der Waals surface area (Å²) < 4.78 is 16.1. The van der Waals surface area contributed by atoms with Gasteiger partial charge in [0.1, 0.15) is 12.1 Å². The van der Waals surface area contributed by atoms with Crippen LogP contribution >= 0.6 is 15.9 Å². The van der Waals surface area contributed by atoms with Crippen molar-refractivity contribution in [1.29, 1.82) is 0 Å². The fourth-order valence-electron chi connectivity index (χ4n) is 3.00. The Labute approximate surface area is 141 Å². The minimum Gasteiger partial charge on any atom is -0.348 e. The second kappa shape index (κ2) is 5.77. The van der Waals surface area contributed by atoms with Crippen molar-refractivity contribution in [2.75, 3.05) is 5.32 Å². The number of halogens is 2. The molecule has 0 fully saturated rings. The number of nitrogens with zero attached hydrogens (tertiary/aromatic N) is 3. The van der Waals surface area contributed by atoms with E-state index < -0.39 is 0 Å². The first-order valence-corrected chi connectivity index (χ1v) is 8.17. The fourth-order valence-corrected chi connectivity index (χ4v) is 3.26. The van der Waals surface area contributed by atoms with E-state index in [1.165, 1.54) is 17.7 Å². The molecule has 4 rings (SSSR count). The van der Waals surface area contributed by atoms with E-state index in [0.717, 1.165) is 22.4 Å². The number of rotatable bonds is 2. The molecule has 1 N–H and O–H groups in total. The van der Waals surface area contributed by atoms with Crippen LogP contribution in [-0.2, 0) is 0 Å². The molecule has 3 aromatic rings. The van der Waals surface area contributed by atoms with Crippen LogP contribution in [0.1, 0.15) is 29.6 Å². The van der Waals surface area contributed by atoms with Crippen LogP contribution in [0.25, 0.3) is 0 Å². The van der Waals surface area contributed by atoms with E-state index in [1.54, 1.807) is 6.33 Å². The summed E-state index contributed by atoms with van der Waals surface area (Å²) in [7, 11) is 0. The zero-order valence-electron chi connectivity index (χ0n) is 12.2. The Morgan fingerprint density at radius 2 is 1.74 bits per heavy atom. The van der Waals surface area contributed by atoms with Gasteiger partial charge in [0, 0.05) is 4.47 Å². The quantitative estimate of drug-likeness (QED) is 0.727. The third-order valence-corrected chi connectivity index (χ3v) is 4.69. The van der Waals surface area contributed by atoms with Gasteiger partial charge in [-0.2, -0.15) is 10.1 Å². The van der Waals surface area contributed by atoms with Gasteiger partial charge in [0.25, 0.3) is 0 Å². The molecule has 2 aromatic carbocycles. The molecular formula is C17H14BrFN4. The lowest BCUT2D eigenvalue weighted by Crippen LogP contribution is -2.28. The second-order valence-electron chi connectivity index (χ2n) is 5.58. The average Bonchev–Trinajstić information content (AvgIpc) is 3.04. The smallest absolute Gasteiger partial charge is 0.222 e. The molecule has 2 heterocycles. The molecule has 0 amide bonds. The molecule has 23 heavy (non-hydrogen) atoms. The van der Waals surface area contributed by atoms with Crippen molar-refractivity contribution in [2.24, 2.45) is 0 Å². The largest absolute Gasteiger partial charge is 0.348 e. The Bertz CT molecular complexity index is 813. The van der Waals surface area contributed by atoms with Crippen LogP contribution in [0.2, 0.25) is 0 Å².